The summed E-state index contributed by atoms with van der Waals surface area (Å²) < 4.78 is 1.70. The minimum absolute atomic E-state index is 0.173. The zero-order valence-corrected chi connectivity index (χ0v) is 14.3. The zero-order chi connectivity index (χ0) is 18.1. The number of rotatable bonds is 3. The van der Waals surface area contributed by atoms with Gasteiger partial charge in [-0.1, -0.05) is 29.8 Å². The van der Waals surface area contributed by atoms with E-state index in [1.165, 1.54) is 12.1 Å². The van der Waals surface area contributed by atoms with Crippen molar-refractivity contribution in [1.29, 1.82) is 0 Å². The smallest absolute Gasteiger partial charge is 0.158 e. The van der Waals surface area contributed by atoms with Crippen molar-refractivity contribution in [2.45, 2.75) is 0 Å². The minimum atomic E-state index is -0.194. The lowest BCUT2D eigenvalue weighted by Gasteiger charge is -2.07. The Morgan fingerprint density at radius 1 is 0.808 bits per heavy atom. The quantitative estimate of drug-likeness (QED) is 0.519. The van der Waals surface area contributed by atoms with Crippen molar-refractivity contribution in [3.8, 4) is 39.8 Å². The zero-order valence-electron chi connectivity index (χ0n) is 13.5. The number of phenolic OH excluding ortho intramolecular Hbond substituents is 2. The van der Waals surface area contributed by atoms with Crippen LogP contribution in [-0.2, 0) is 0 Å². The maximum absolute atomic E-state index is 9.87. The number of hydrogen-bond donors (Lipinski definition) is 2. The molecule has 6 heteroatoms. The van der Waals surface area contributed by atoms with Crippen LogP contribution in [0.3, 0.4) is 0 Å². The van der Waals surface area contributed by atoms with Gasteiger partial charge in [0.2, 0.25) is 0 Å². The van der Waals surface area contributed by atoms with Crippen molar-refractivity contribution in [2.75, 3.05) is 0 Å². The van der Waals surface area contributed by atoms with E-state index in [-0.39, 0.29) is 11.5 Å². The molecule has 128 valence electrons. The van der Waals surface area contributed by atoms with E-state index >= 15 is 0 Å². The Morgan fingerprint density at radius 3 is 2.42 bits per heavy atom. The van der Waals surface area contributed by atoms with E-state index in [0.717, 1.165) is 17.0 Å². The van der Waals surface area contributed by atoms with Gasteiger partial charge in [-0.2, -0.15) is 5.10 Å². The first-order valence-electron chi connectivity index (χ1n) is 7.91. The fourth-order valence-electron chi connectivity index (χ4n) is 2.71. The van der Waals surface area contributed by atoms with Gasteiger partial charge in [0.1, 0.15) is 0 Å². The van der Waals surface area contributed by atoms with Crippen LogP contribution in [0, 0.1) is 0 Å². The first kappa shape index (κ1) is 16.2. The Morgan fingerprint density at radius 2 is 1.69 bits per heavy atom. The lowest BCUT2D eigenvalue weighted by Crippen LogP contribution is -2.01. The summed E-state index contributed by atoms with van der Waals surface area (Å²) in [5.74, 6) is 0.275. The van der Waals surface area contributed by atoms with Crippen molar-refractivity contribution < 1.29 is 10.2 Å². The molecule has 4 aromatic rings. The largest absolute Gasteiger partial charge is 0.504 e. The number of hydrogen-bond acceptors (Lipinski definition) is 4. The molecule has 2 N–H and O–H groups in total. The first-order chi connectivity index (χ1) is 12.6. The van der Waals surface area contributed by atoms with E-state index in [4.69, 9.17) is 11.6 Å². The van der Waals surface area contributed by atoms with Gasteiger partial charge < -0.3 is 10.2 Å². The maximum atomic E-state index is 9.87. The van der Waals surface area contributed by atoms with E-state index in [1.54, 1.807) is 23.0 Å². The second kappa shape index (κ2) is 6.54. The van der Waals surface area contributed by atoms with E-state index < -0.39 is 0 Å². The first-order valence-corrected chi connectivity index (χ1v) is 8.29. The molecule has 0 amide bonds. The molecule has 2 aromatic carbocycles. The highest BCUT2D eigenvalue weighted by molar-refractivity contribution is 6.30. The minimum Gasteiger partial charge on any atom is -0.504 e. The van der Waals surface area contributed by atoms with Crippen molar-refractivity contribution in [2.24, 2.45) is 0 Å². The van der Waals surface area contributed by atoms with Crippen molar-refractivity contribution in [3.63, 3.8) is 0 Å². The molecular weight excluding hydrogens is 350 g/mol. The summed E-state index contributed by atoms with van der Waals surface area (Å²) in [4.78, 5) is 4.36. The van der Waals surface area contributed by atoms with Crippen LogP contribution >= 0.6 is 11.6 Å². The molecular formula is C20H14ClN3O2. The van der Waals surface area contributed by atoms with E-state index in [1.807, 2.05) is 42.5 Å². The van der Waals surface area contributed by atoms with E-state index in [9.17, 15) is 10.2 Å². The second-order valence-electron chi connectivity index (χ2n) is 5.73. The summed E-state index contributed by atoms with van der Waals surface area (Å²) >= 11 is 6.11. The SMILES string of the molecule is Oc1ccc(-c2cc(-c3cccc(Cl)c3)nn2-c2ccccn2)cc1O. The summed E-state index contributed by atoms with van der Waals surface area (Å²) in [5.41, 5.74) is 3.03. The van der Waals surface area contributed by atoms with Gasteiger partial charge in [0, 0.05) is 22.3 Å². The highest BCUT2D eigenvalue weighted by Crippen LogP contribution is 2.34. The van der Waals surface area contributed by atoms with Gasteiger partial charge in [0.25, 0.3) is 0 Å². The van der Waals surface area contributed by atoms with Crippen molar-refractivity contribution >= 4 is 11.6 Å². The molecule has 0 bridgehead atoms. The maximum Gasteiger partial charge on any atom is 0.158 e. The van der Waals surface area contributed by atoms with E-state index in [2.05, 4.69) is 10.1 Å². The fourth-order valence-corrected chi connectivity index (χ4v) is 2.90. The van der Waals surface area contributed by atoms with Crippen LogP contribution in [0.15, 0.2) is 72.9 Å². The number of phenols is 2. The topological polar surface area (TPSA) is 71.2 Å². The molecule has 0 fully saturated rings. The Hall–Kier alpha value is -3.31. The molecule has 0 aliphatic rings. The second-order valence-corrected chi connectivity index (χ2v) is 6.16. The number of nitrogens with zero attached hydrogens (tertiary/aromatic N) is 3. The molecule has 0 atom stereocenters. The summed E-state index contributed by atoms with van der Waals surface area (Å²) in [6, 6.07) is 19.5. The lowest BCUT2D eigenvalue weighted by atomic mass is 10.1. The number of aromatic hydroxyl groups is 2. The molecule has 0 unspecified atom stereocenters. The lowest BCUT2D eigenvalue weighted by molar-refractivity contribution is 0.404. The fraction of sp³-hybridized carbons (Fsp3) is 0. The molecule has 2 aromatic heterocycles. The standard InChI is InChI=1S/C20H14ClN3O2/c21-15-5-3-4-13(10-15)16-12-17(14-7-8-18(25)19(26)11-14)24(23-16)20-6-1-2-9-22-20/h1-12,25-26H. The van der Waals surface area contributed by atoms with Gasteiger partial charge >= 0.3 is 0 Å². The van der Waals surface area contributed by atoms with Gasteiger partial charge in [0.15, 0.2) is 17.3 Å². The van der Waals surface area contributed by atoms with Crippen LogP contribution in [0.4, 0.5) is 0 Å². The van der Waals surface area contributed by atoms with Gasteiger partial charge in [-0.15, -0.1) is 0 Å². The van der Waals surface area contributed by atoms with Crippen LogP contribution in [-0.4, -0.2) is 25.0 Å². The number of halogens is 1. The third kappa shape index (κ3) is 3.00. The number of benzene rings is 2. The van der Waals surface area contributed by atoms with E-state index in [0.29, 0.717) is 16.4 Å². The summed E-state index contributed by atoms with van der Waals surface area (Å²) in [6.07, 6.45) is 1.69. The molecule has 0 saturated carbocycles. The Labute approximate surface area is 154 Å². The van der Waals surface area contributed by atoms with Gasteiger partial charge in [-0.05, 0) is 48.5 Å². The summed E-state index contributed by atoms with van der Waals surface area (Å²) in [7, 11) is 0. The number of pyridine rings is 1. The summed E-state index contributed by atoms with van der Waals surface area (Å²) in [6.45, 7) is 0. The normalized spacial score (nSPS) is 10.8. The Kier molecular flexibility index (Phi) is 4.07. The van der Waals surface area contributed by atoms with Crippen LogP contribution in [0.2, 0.25) is 5.02 Å². The van der Waals surface area contributed by atoms with Crippen LogP contribution in [0.1, 0.15) is 0 Å². The van der Waals surface area contributed by atoms with Crippen LogP contribution in [0.5, 0.6) is 11.5 Å². The third-order valence-corrected chi connectivity index (χ3v) is 4.20. The van der Waals surface area contributed by atoms with Gasteiger partial charge in [-0.25, -0.2) is 9.67 Å². The highest BCUT2D eigenvalue weighted by Gasteiger charge is 2.15. The monoisotopic (exact) mass is 363 g/mol. The average molecular weight is 364 g/mol. The van der Waals surface area contributed by atoms with Crippen molar-refractivity contribution in [1.82, 2.24) is 14.8 Å². The third-order valence-electron chi connectivity index (χ3n) is 3.97. The molecule has 5 nitrogen and oxygen atoms in total. The molecule has 2 heterocycles. The van der Waals surface area contributed by atoms with Crippen LogP contribution < -0.4 is 0 Å². The summed E-state index contributed by atoms with van der Waals surface area (Å²) in [5, 5.41) is 24.8. The molecule has 0 radical (unpaired) electrons. The molecule has 0 saturated heterocycles. The van der Waals surface area contributed by atoms with Crippen LogP contribution in [0.25, 0.3) is 28.3 Å². The Balaban J connectivity index is 1.92. The average Bonchev–Trinajstić information content (AvgIpc) is 3.10. The molecule has 26 heavy (non-hydrogen) atoms. The van der Waals surface area contributed by atoms with Crippen molar-refractivity contribution in [3.05, 3.63) is 77.9 Å². The molecule has 4 rings (SSSR count). The predicted octanol–water partition coefficient (Wildman–Crippen LogP) is 4.67. The number of aromatic nitrogens is 3. The Bertz CT molecular complexity index is 1080. The molecule has 0 aliphatic carbocycles. The highest BCUT2D eigenvalue weighted by atomic mass is 35.5. The molecule has 0 aliphatic heterocycles. The van der Waals surface area contributed by atoms with Gasteiger partial charge in [-0.3, -0.25) is 0 Å². The predicted molar refractivity (Wildman–Crippen MR) is 101 cm³/mol. The molecule has 0 spiro atoms. The van der Waals surface area contributed by atoms with Gasteiger partial charge in [0.05, 0.1) is 11.4 Å².